The van der Waals surface area contributed by atoms with Gasteiger partial charge < -0.3 is 9.84 Å². The van der Waals surface area contributed by atoms with E-state index in [0.717, 1.165) is 9.87 Å². The smallest absolute Gasteiger partial charge is 0.272 e. The molecule has 0 radical (unpaired) electrons. The lowest BCUT2D eigenvalue weighted by Crippen LogP contribution is -2.38. The maximum Gasteiger partial charge on any atom is 0.272 e. The molecule has 6 nitrogen and oxygen atoms in total. The van der Waals surface area contributed by atoms with Crippen LogP contribution in [0.2, 0.25) is 0 Å². The SMILES string of the molecule is COc1ccc(S(=O)(=O)N(C(=O)c2ccc(C)cc2)c2c(C)cc(O)cc2C)cc1. The van der Waals surface area contributed by atoms with Crippen molar-refractivity contribution in [3.8, 4) is 11.5 Å². The molecule has 0 aliphatic heterocycles. The Kier molecular flexibility index (Phi) is 5.85. The van der Waals surface area contributed by atoms with Crippen LogP contribution in [0, 0.1) is 20.8 Å². The summed E-state index contributed by atoms with van der Waals surface area (Å²) in [6, 6.07) is 15.4. The maximum absolute atomic E-state index is 13.6. The molecule has 30 heavy (non-hydrogen) atoms. The van der Waals surface area contributed by atoms with E-state index in [1.807, 2.05) is 6.92 Å². The van der Waals surface area contributed by atoms with Crippen molar-refractivity contribution in [2.75, 3.05) is 11.4 Å². The Morgan fingerprint density at radius 2 is 1.43 bits per heavy atom. The third-order valence-electron chi connectivity index (χ3n) is 4.76. The molecule has 3 aromatic carbocycles. The molecule has 1 amide bonds. The standard InChI is InChI=1S/C23H23NO5S/c1-15-5-7-18(8-6-15)23(26)24(22-16(2)13-19(25)14-17(22)3)30(27,28)21-11-9-20(29-4)10-12-21/h5-14,25H,1-4H3. The molecule has 0 unspecified atom stereocenters. The molecule has 0 aliphatic rings. The van der Waals surface area contributed by atoms with Crippen molar-refractivity contribution >= 4 is 21.6 Å². The Balaban J connectivity index is 2.24. The van der Waals surface area contributed by atoms with Crippen LogP contribution in [-0.2, 0) is 10.0 Å². The van der Waals surface area contributed by atoms with Crippen LogP contribution in [0.3, 0.4) is 0 Å². The van der Waals surface area contributed by atoms with E-state index in [1.165, 1.54) is 43.5 Å². The minimum atomic E-state index is -4.25. The van der Waals surface area contributed by atoms with Gasteiger partial charge >= 0.3 is 0 Å². The first kappa shape index (κ1) is 21.4. The zero-order valence-corrected chi connectivity index (χ0v) is 18.0. The quantitative estimate of drug-likeness (QED) is 0.657. The van der Waals surface area contributed by atoms with Crippen molar-refractivity contribution in [2.45, 2.75) is 25.7 Å². The number of aromatic hydroxyl groups is 1. The van der Waals surface area contributed by atoms with Gasteiger partial charge in [-0.1, -0.05) is 17.7 Å². The van der Waals surface area contributed by atoms with Crippen molar-refractivity contribution in [3.05, 3.63) is 82.9 Å². The first-order chi connectivity index (χ1) is 14.1. The molecule has 3 rings (SSSR count). The van der Waals surface area contributed by atoms with Crippen LogP contribution in [0.1, 0.15) is 27.0 Å². The molecule has 3 aromatic rings. The van der Waals surface area contributed by atoms with Gasteiger partial charge in [0.15, 0.2) is 0 Å². The monoisotopic (exact) mass is 425 g/mol. The van der Waals surface area contributed by atoms with Gasteiger partial charge in [0.1, 0.15) is 11.5 Å². The number of phenols is 1. The van der Waals surface area contributed by atoms with Gasteiger partial charge in [-0.2, -0.15) is 4.31 Å². The van der Waals surface area contributed by atoms with E-state index in [-0.39, 0.29) is 21.9 Å². The molecule has 156 valence electrons. The Bertz CT molecular complexity index is 1160. The predicted octanol–water partition coefficient (Wildman–Crippen LogP) is 4.36. The van der Waals surface area contributed by atoms with Crippen LogP contribution in [0.5, 0.6) is 11.5 Å². The molecule has 0 fully saturated rings. The highest BCUT2D eigenvalue weighted by Gasteiger charge is 2.34. The molecule has 0 saturated carbocycles. The van der Waals surface area contributed by atoms with Crippen LogP contribution in [0.25, 0.3) is 0 Å². The molecular formula is C23H23NO5S. The van der Waals surface area contributed by atoms with Gasteiger partial charge in [-0.25, -0.2) is 8.42 Å². The van der Waals surface area contributed by atoms with Gasteiger partial charge in [0.2, 0.25) is 0 Å². The zero-order valence-electron chi connectivity index (χ0n) is 17.2. The average Bonchev–Trinajstić information content (AvgIpc) is 2.70. The number of hydrogen-bond donors (Lipinski definition) is 1. The highest BCUT2D eigenvalue weighted by molar-refractivity contribution is 7.93. The number of nitrogens with zero attached hydrogens (tertiary/aromatic N) is 1. The normalized spacial score (nSPS) is 11.2. The number of phenolic OH excluding ortho intramolecular Hbond substituents is 1. The van der Waals surface area contributed by atoms with Crippen molar-refractivity contribution in [2.24, 2.45) is 0 Å². The molecule has 7 heteroatoms. The van der Waals surface area contributed by atoms with Crippen molar-refractivity contribution in [1.82, 2.24) is 0 Å². The fourth-order valence-electron chi connectivity index (χ4n) is 3.25. The fraction of sp³-hybridized carbons (Fsp3) is 0.174. The second kappa shape index (κ2) is 8.20. The third kappa shape index (κ3) is 4.02. The van der Waals surface area contributed by atoms with Gasteiger partial charge in [-0.15, -0.1) is 0 Å². The Hall–Kier alpha value is -3.32. The molecule has 0 atom stereocenters. The summed E-state index contributed by atoms with van der Waals surface area (Å²) in [4.78, 5) is 13.4. The maximum atomic E-state index is 13.6. The number of hydrogen-bond acceptors (Lipinski definition) is 5. The number of anilines is 1. The van der Waals surface area contributed by atoms with Crippen molar-refractivity contribution in [3.63, 3.8) is 0 Å². The summed E-state index contributed by atoms with van der Waals surface area (Å²) in [6.07, 6.45) is 0. The lowest BCUT2D eigenvalue weighted by molar-refractivity contribution is 0.100. The number of carbonyl (C=O) groups excluding carboxylic acids is 1. The summed E-state index contributed by atoms with van der Waals surface area (Å²) >= 11 is 0. The second-order valence-corrected chi connectivity index (χ2v) is 8.83. The molecule has 1 N–H and O–H groups in total. The van der Waals surface area contributed by atoms with E-state index in [4.69, 9.17) is 4.74 Å². The number of ether oxygens (including phenoxy) is 1. The van der Waals surface area contributed by atoms with E-state index in [1.54, 1.807) is 38.1 Å². The summed E-state index contributed by atoms with van der Waals surface area (Å²) in [7, 11) is -2.76. The summed E-state index contributed by atoms with van der Waals surface area (Å²) in [5, 5.41) is 9.90. The van der Waals surface area contributed by atoms with Gasteiger partial charge in [0, 0.05) is 5.56 Å². The highest BCUT2D eigenvalue weighted by atomic mass is 32.2. The summed E-state index contributed by atoms with van der Waals surface area (Å²) in [6.45, 7) is 5.19. The molecule has 0 heterocycles. The molecule has 0 aromatic heterocycles. The van der Waals surface area contributed by atoms with Crippen molar-refractivity contribution < 1.29 is 23.1 Å². The molecule has 0 saturated heterocycles. The lowest BCUT2D eigenvalue weighted by Gasteiger charge is -2.26. The van der Waals surface area contributed by atoms with Crippen LogP contribution in [0.15, 0.2) is 65.6 Å². The number of amides is 1. The Morgan fingerprint density at radius 3 is 1.93 bits per heavy atom. The lowest BCUT2D eigenvalue weighted by atomic mass is 10.1. The Morgan fingerprint density at radius 1 is 0.900 bits per heavy atom. The van der Waals surface area contributed by atoms with E-state index in [2.05, 4.69) is 0 Å². The topological polar surface area (TPSA) is 83.9 Å². The van der Waals surface area contributed by atoms with Crippen LogP contribution in [0.4, 0.5) is 5.69 Å². The molecular weight excluding hydrogens is 402 g/mol. The average molecular weight is 426 g/mol. The second-order valence-electron chi connectivity index (χ2n) is 7.04. The van der Waals surface area contributed by atoms with Gasteiger partial charge in [0.25, 0.3) is 15.9 Å². The van der Waals surface area contributed by atoms with E-state index in [0.29, 0.717) is 16.9 Å². The number of benzene rings is 3. The number of sulfonamides is 1. The minimum Gasteiger partial charge on any atom is -0.508 e. The fourth-order valence-corrected chi connectivity index (χ4v) is 4.79. The number of aryl methyl sites for hydroxylation is 3. The first-order valence-electron chi connectivity index (χ1n) is 9.25. The van der Waals surface area contributed by atoms with E-state index < -0.39 is 15.9 Å². The summed E-state index contributed by atoms with van der Waals surface area (Å²) < 4.78 is 33.1. The van der Waals surface area contributed by atoms with E-state index in [9.17, 15) is 18.3 Å². The van der Waals surface area contributed by atoms with Gasteiger partial charge in [-0.3, -0.25) is 4.79 Å². The van der Waals surface area contributed by atoms with Crippen molar-refractivity contribution in [1.29, 1.82) is 0 Å². The van der Waals surface area contributed by atoms with Gasteiger partial charge in [0.05, 0.1) is 17.7 Å². The molecule has 0 aliphatic carbocycles. The third-order valence-corrected chi connectivity index (χ3v) is 6.46. The number of rotatable bonds is 5. The molecule has 0 bridgehead atoms. The van der Waals surface area contributed by atoms with Crippen LogP contribution in [-0.4, -0.2) is 26.5 Å². The van der Waals surface area contributed by atoms with E-state index >= 15 is 0 Å². The number of methoxy groups -OCH3 is 1. The minimum absolute atomic E-state index is 0.00155. The largest absolute Gasteiger partial charge is 0.508 e. The summed E-state index contributed by atoms with van der Waals surface area (Å²) in [5.74, 6) is -0.177. The zero-order chi connectivity index (χ0) is 22.1. The predicted molar refractivity (Wildman–Crippen MR) is 116 cm³/mol. The number of carbonyl (C=O) groups is 1. The summed E-state index contributed by atoms with van der Waals surface area (Å²) in [5.41, 5.74) is 2.34. The van der Waals surface area contributed by atoms with Crippen LogP contribution < -0.4 is 9.04 Å². The van der Waals surface area contributed by atoms with Gasteiger partial charge in [-0.05, 0) is 80.4 Å². The highest BCUT2D eigenvalue weighted by Crippen LogP contribution is 2.34. The Labute approximate surface area is 176 Å². The van der Waals surface area contributed by atoms with Crippen LogP contribution >= 0.6 is 0 Å². The first-order valence-corrected chi connectivity index (χ1v) is 10.7. The molecule has 0 spiro atoms.